The molecule has 1 aromatic rings. The lowest BCUT2D eigenvalue weighted by molar-refractivity contribution is -0.144. The fourth-order valence-electron chi connectivity index (χ4n) is 1.96. The molecular formula is C12H13BrN2O3S. The Morgan fingerprint density at radius 3 is 2.58 bits per heavy atom. The summed E-state index contributed by atoms with van der Waals surface area (Å²) in [4.78, 5) is 37.7. The molecule has 1 N–H and O–H groups in total. The van der Waals surface area contributed by atoms with Crippen LogP contribution in [0.15, 0.2) is 15.9 Å². The highest BCUT2D eigenvalue weighted by atomic mass is 79.9. The number of rotatable bonds is 3. The first kappa shape index (κ1) is 14.2. The Hall–Kier alpha value is -1.21. The summed E-state index contributed by atoms with van der Waals surface area (Å²) < 4.78 is 0.934. The normalized spacial score (nSPS) is 20.1. The highest BCUT2D eigenvalue weighted by Gasteiger charge is 2.41. The van der Waals surface area contributed by atoms with Crippen molar-refractivity contribution in [2.45, 2.75) is 20.4 Å². The quantitative estimate of drug-likeness (QED) is 0.856. The highest BCUT2D eigenvalue weighted by Crippen LogP contribution is 2.26. The van der Waals surface area contributed by atoms with Crippen LogP contribution in [0.25, 0.3) is 0 Å². The second kappa shape index (κ2) is 5.42. The van der Waals surface area contributed by atoms with Gasteiger partial charge in [-0.25, -0.2) is 4.79 Å². The Kier molecular flexibility index (Phi) is 4.05. The van der Waals surface area contributed by atoms with Crippen LogP contribution in [0.2, 0.25) is 0 Å². The minimum Gasteiger partial charge on any atom is -0.277 e. The largest absolute Gasteiger partial charge is 0.331 e. The minimum absolute atomic E-state index is 0.141. The van der Waals surface area contributed by atoms with Gasteiger partial charge in [0.05, 0.1) is 10.3 Å². The molecule has 102 valence electrons. The van der Waals surface area contributed by atoms with E-state index >= 15 is 0 Å². The summed E-state index contributed by atoms with van der Waals surface area (Å²) in [7, 11) is 0. The van der Waals surface area contributed by atoms with Crippen LogP contribution in [0, 0.1) is 11.8 Å². The number of carbonyl (C=O) groups excluding carboxylic acids is 3. The molecule has 1 aliphatic heterocycles. The van der Waals surface area contributed by atoms with Crippen molar-refractivity contribution in [3.8, 4) is 0 Å². The summed E-state index contributed by atoms with van der Waals surface area (Å²) in [5.74, 6) is -1.86. The maximum atomic E-state index is 12.2. The molecule has 1 fully saturated rings. The van der Waals surface area contributed by atoms with Crippen LogP contribution in [0.3, 0.4) is 0 Å². The van der Waals surface area contributed by atoms with Gasteiger partial charge in [0.15, 0.2) is 0 Å². The first-order valence-corrected chi connectivity index (χ1v) is 7.41. The van der Waals surface area contributed by atoms with E-state index in [1.54, 1.807) is 13.8 Å². The molecule has 5 nitrogen and oxygen atoms in total. The van der Waals surface area contributed by atoms with Crippen molar-refractivity contribution in [2.24, 2.45) is 11.8 Å². The molecule has 1 atom stereocenters. The number of hydrogen-bond acceptors (Lipinski definition) is 4. The number of amides is 4. The van der Waals surface area contributed by atoms with Crippen molar-refractivity contribution in [3.05, 3.63) is 20.8 Å². The number of carbonyl (C=O) groups is 3. The number of hydrogen-bond donors (Lipinski definition) is 1. The molecule has 0 spiro atoms. The Labute approximate surface area is 123 Å². The number of nitrogens with one attached hydrogen (secondary N) is 1. The fraction of sp³-hybridized carbons (Fsp3) is 0.417. The summed E-state index contributed by atoms with van der Waals surface area (Å²) in [5, 5.41) is 2.24. The van der Waals surface area contributed by atoms with Gasteiger partial charge >= 0.3 is 6.03 Å². The minimum atomic E-state index is -0.791. The van der Waals surface area contributed by atoms with E-state index in [9.17, 15) is 14.4 Å². The van der Waals surface area contributed by atoms with E-state index in [1.165, 1.54) is 11.3 Å². The van der Waals surface area contributed by atoms with Crippen molar-refractivity contribution in [1.29, 1.82) is 0 Å². The molecule has 0 saturated carbocycles. The van der Waals surface area contributed by atoms with Crippen molar-refractivity contribution in [1.82, 2.24) is 10.2 Å². The van der Waals surface area contributed by atoms with Crippen molar-refractivity contribution in [2.75, 3.05) is 0 Å². The second-order valence-corrected chi connectivity index (χ2v) is 7.19. The molecule has 0 aromatic carbocycles. The average molecular weight is 345 g/mol. The van der Waals surface area contributed by atoms with Crippen LogP contribution in [0.1, 0.15) is 18.7 Å². The predicted molar refractivity (Wildman–Crippen MR) is 74.4 cm³/mol. The van der Waals surface area contributed by atoms with Crippen LogP contribution in [-0.4, -0.2) is 22.7 Å². The van der Waals surface area contributed by atoms with Crippen LogP contribution in [0.5, 0.6) is 0 Å². The molecule has 0 bridgehead atoms. The number of imide groups is 2. The van der Waals surface area contributed by atoms with Crippen LogP contribution < -0.4 is 5.32 Å². The summed E-state index contributed by atoms with van der Waals surface area (Å²) >= 11 is 4.79. The van der Waals surface area contributed by atoms with Gasteiger partial charge in [-0.3, -0.25) is 19.8 Å². The first-order chi connectivity index (χ1) is 8.90. The van der Waals surface area contributed by atoms with E-state index in [-0.39, 0.29) is 12.5 Å². The topological polar surface area (TPSA) is 66.5 Å². The first-order valence-electron chi connectivity index (χ1n) is 5.80. The molecular weight excluding hydrogens is 332 g/mol. The average Bonchev–Trinajstić information content (AvgIpc) is 2.69. The number of nitrogens with zero attached hydrogens (tertiary/aromatic N) is 1. The molecule has 19 heavy (non-hydrogen) atoms. The van der Waals surface area contributed by atoms with Crippen molar-refractivity contribution >= 4 is 45.1 Å². The highest BCUT2D eigenvalue weighted by molar-refractivity contribution is 9.11. The molecule has 1 unspecified atom stereocenters. The third kappa shape index (κ3) is 2.87. The van der Waals surface area contributed by atoms with Crippen LogP contribution in [-0.2, 0) is 16.1 Å². The van der Waals surface area contributed by atoms with E-state index in [1.807, 2.05) is 12.1 Å². The van der Waals surface area contributed by atoms with Gasteiger partial charge in [0.1, 0.15) is 5.92 Å². The summed E-state index contributed by atoms with van der Waals surface area (Å²) in [6.07, 6.45) is 0. The van der Waals surface area contributed by atoms with Gasteiger partial charge < -0.3 is 0 Å². The Morgan fingerprint density at radius 2 is 2.05 bits per heavy atom. The maximum Gasteiger partial charge on any atom is 0.331 e. The number of halogens is 1. The van der Waals surface area contributed by atoms with Crippen molar-refractivity contribution in [3.63, 3.8) is 0 Å². The lowest BCUT2D eigenvalue weighted by Crippen LogP contribution is -2.58. The molecule has 0 aliphatic carbocycles. The van der Waals surface area contributed by atoms with Gasteiger partial charge in [0.2, 0.25) is 11.8 Å². The second-order valence-electron chi connectivity index (χ2n) is 4.65. The molecule has 1 aromatic heterocycles. The Balaban J connectivity index is 2.21. The Morgan fingerprint density at radius 1 is 1.37 bits per heavy atom. The third-order valence-electron chi connectivity index (χ3n) is 2.90. The summed E-state index contributed by atoms with van der Waals surface area (Å²) in [6.45, 7) is 3.77. The molecule has 0 radical (unpaired) electrons. The predicted octanol–water partition coefficient (Wildman–Crippen LogP) is 2.36. The lowest BCUT2D eigenvalue weighted by Gasteiger charge is -2.31. The zero-order chi connectivity index (χ0) is 14.2. The molecule has 1 saturated heterocycles. The van der Waals surface area contributed by atoms with Gasteiger partial charge in [0, 0.05) is 4.88 Å². The lowest BCUT2D eigenvalue weighted by atomic mass is 9.92. The monoisotopic (exact) mass is 344 g/mol. The zero-order valence-electron chi connectivity index (χ0n) is 10.5. The Bertz CT molecular complexity index is 541. The smallest absolute Gasteiger partial charge is 0.277 e. The zero-order valence-corrected chi connectivity index (χ0v) is 12.9. The SMILES string of the molecule is CC(C)C1C(=O)NC(=O)N(Cc2ccc(Br)s2)C1=O. The van der Waals surface area contributed by atoms with Gasteiger partial charge in [-0.1, -0.05) is 13.8 Å². The number of barbiturate groups is 1. The molecule has 2 rings (SSSR count). The molecule has 1 aliphatic rings. The molecule has 4 amide bonds. The van der Waals surface area contributed by atoms with E-state index in [0.717, 1.165) is 13.6 Å². The fourth-order valence-corrected chi connectivity index (χ4v) is 3.43. The van der Waals surface area contributed by atoms with E-state index in [0.29, 0.717) is 0 Å². The number of thiophene rings is 1. The van der Waals surface area contributed by atoms with E-state index < -0.39 is 23.8 Å². The van der Waals surface area contributed by atoms with Gasteiger partial charge in [-0.15, -0.1) is 11.3 Å². The third-order valence-corrected chi connectivity index (χ3v) is 4.51. The van der Waals surface area contributed by atoms with Gasteiger partial charge in [-0.2, -0.15) is 0 Å². The summed E-state index contributed by atoms with van der Waals surface area (Å²) in [6, 6.07) is 3.06. The van der Waals surface area contributed by atoms with Gasteiger partial charge in [-0.05, 0) is 34.0 Å². The van der Waals surface area contributed by atoms with Gasteiger partial charge in [0.25, 0.3) is 0 Å². The molecule has 2 heterocycles. The van der Waals surface area contributed by atoms with E-state index in [4.69, 9.17) is 0 Å². The standard InChI is InChI=1S/C12H13BrN2O3S/c1-6(2)9-10(16)14-12(18)15(11(9)17)5-7-3-4-8(13)19-7/h3-4,6,9H,5H2,1-2H3,(H,14,16,18). The molecule has 7 heteroatoms. The van der Waals surface area contributed by atoms with Crippen molar-refractivity contribution < 1.29 is 14.4 Å². The maximum absolute atomic E-state index is 12.2. The van der Waals surface area contributed by atoms with Crippen LogP contribution >= 0.6 is 27.3 Å². The number of urea groups is 1. The summed E-state index contributed by atoms with van der Waals surface area (Å²) in [5.41, 5.74) is 0. The van der Waals surface area contributed by atoms with E-state index in [2.05, 4.69) is 21.2 Å². The van der Waals surface area contributed by atoms with Crippen LogP contribution in [0.4, 0.5) is 4.79 Å².